The van der Waals surface area contributed by atoms with Gasteiger partial charge in [0.1, 0.15) is 0 Å². The second-order valence-corrected chi connectivity index (χ2v) is 5.22. The molecule has 0 aromatic heterocycles. The van der Waals surface area contributed by atoms with Gasteiger partial charge in [-0.25, -0.2) is 0 Å². The van der Waals surface area contributed by atoms with E-state index in [1.807, 2.05) is 32.3 Å². The highest BCUT2D eigenvalue weighted by atomic mass is 127. The van der Waals surface area contributed by atoms with E-state index in [1.54, 1.807) is 27.3 Å². The molecule has 0 bridgehead atoms. The largest absolute Gasteiger partial charge is 0.493 e. The third-order valence-electron chi connectivity index (χ3n) is 3.52. The van der Waals surface area contributed by atoms with Crippen molar-refractivity contribution in [3.05, 3.63) is 36.4 Å². The Labute approximate surface area is 162 Å². The first-order chi connectivity index (χ1) is 11.1. The molecule has 0 amide bonds. The highest BCUT2D eigenvalue weighted by molar-refractivity contribution is 14.0. The van der Waals surface area contributed by atoms with Crippen LogP contribution in [0, 0.1) is 0 Å². The van der Waals surface area contributed by atoms with Crippen LogP contribution >= 0.6 is 24.0 Å². The van der Waals surface area contributed by atoms with Crippen LogP contribution in [-0.2, 0) is 0 Å². The van der Waals surface area contributed by atoms with Crippen LogP contribution in [0.1, 0.15) is 11.6 Å². The SMILES string of the molecule is C=CCNC(=NC)NCC(c1ccc(OC)c(OC)c1)N(C)C.I. The Morgan fingerprint density at radius 3 is 2.42 bits per heavy atom. The summed E-state index contributed by atoms with van der Waals surface area (Å²) in [4.78, 5) is 6.34. The van der Waals surface area contributed by atoms with Gasteiger partial charge in [0, 0.05) is 20.1 Å². The smallest absolute Gasteiger partial charge is 0.191 e. The summed E-state index contributed by atoms with van der Waals surface area (Å²) in [5, 5.41) is 6.49. The van der Waals surface area contributed by atoms with Gasteiger partial charge in [-0.3, -0.25) is 4.99 Å². The van der Waals surface area contributed by atoms with Crippen molar-refractivity contribution in [3.8, 4) is 11.5 Å². The first kappa shape index (κ1) is 22.5. The van der Waals surface area contributed by atoms with Gasteiger partial charge >= 0.3 is 0 Å². The van der Waals surface area contributed by atoms with Crippen LogP contribution in [0.2, 0.25) is 0 Å². The Kier molecular flexibility index (Phi) is 11.2. The molecule has 0 heterocycles. The van der Waals surface area contributed by atoms with Gasteiger partial charge < -0.3 is 25.0 Å². The Hall–Kier alpha value is -1.48. The quantitative estimate of drug-likeness (QED) is 0.277. The number of nitrogens with zero attached hydrogens (tertiary/aromatic N) is 2. The Balaban J connectivity index is 0.00000529. The molecule has 0 aliphatic rings. The molecule has 0 fully saturated rings. The van der Waals surface area contributed by atoms with Gasteiger partial charge in [0.2, 0.25) is 0 Å². The van der Waals surface area contributed by atoms with Crippen molar-refractivity contribution in [2.45, 2.75) is 6.04 Å². The molecule has 1 aromatic rings. The number of rotatable bonds is 8. The second-order valence-electron chi connectivity index (χ2n) is 5.22. The maximum absolute atomic E-state index is 5.40. The van der Waals surface area contributed by atoms with E-state index in [1.165, 1.54) is 0 Å². The van der Waals surface area contributed by atoms with Gasteiger partial charge in [-0.15, -0.1) is 30.6 Å². The summed E-state index contributed by atoms with van der Waals surface area (Å²) in [6.07, 6.45) is 1.80. The van der Waals surface area contributed by atoms with E-state index in [9.17, 15) is 0 Å². The summed E-state index contributed by atoms with van der Waals surface area (Å²) >= 11 is 0. The average molecular weight is 448 g/mol. The number of methoxy groups -OCH3 is 2. The van der Waals surface area contributed by atoms with Gasteiger partial charge in [0.25, 0.3) is 0 Å². The zero-order valence-corrected chi connectivity index (χ0v) is 17.5. The number of hydrogen-bond acceptors (Lipinski definition) is 4. The minimum Gasteiger partial charge on any atom is -0.493 e. The number of aliphatic imine (C=N–C) groups is 1. The van der Waals surface area contributed by atoms with Crippen molar-refractivity contribution in [3.63, 3.8) is 0 Å². The lowest BCUT2D eigenvalue weighted by Gasteiger charge is -2.26. The van der Waals surface area contributed by atoms with Crippen molar-refractivity contribution in [2.24, 2.45) is 4.99 Å². The van der Waals surface area contributed by atoms with Crippen molar-refractivity contribution in [1.82, 2.24) is 15.5 Å². The molecule has 0 aliphatic carbocycles. The lowest BCUT2D eigenvalue weighted by molar-refractivity contribution is 0.296. The average Bonchev–Trinajstić information content (AvgIpc) is 2.57. The van der Waals surface area contributed by atoms with Crippen molar-refractivity contribution in [2.75, 3.05) is 48.5 Å². The number of nitrogens with one attached hydrogen (secondary N) is 2. The van der Waals surface area contributed by atoms with Crippen LogP contribution < -0.4 is 20.1 Å². The zero-order chi connectivity index (χ0) is 17.2. The standard InChI is InChI=1S/C17H28N4O2.HI/c1-7-10-19-17(18-2)20-12-14(21(3)4)13-8-9-15(22-5)16(11-13)23-6;/h7-9,11,14H,1,10,12H2,2-6H3,(H2,18,19,20);1H. The molecule has 136 valence electrons. The fraction of sp³-hybridized carbons (Fsp3) is 0.471. The van der Waals surface area contributed by atoms with Crippen LogP contribution in [0.3, 0.4) is 0 Å². The maximum Gasteiger partial charge on any atom is 0.191 e. The molecule has 24 heavy (non-hydrogen) atoms. The van der Waals surface area contributed by atoms with Gasteiger partial charge in [-0.05, 0) is 31.8 Å². The number of hydrogen-bond donors (Lipinski definition) is 2. The lowest BCUT2D eigenvalue weighted by atomic mass is 10.1. The minimum absolute atomic E-state index is 0. The van der Waals surface area contributed by atoms with Gasteiger partial charge in [0.05, 0.1) is 20.3 Å². The summed E-state index contributed by atoms with van der Waals surface area (Å²) in [6, 6.07) is 6.14. The fourth-order valence-corrected chi connectivity index (χ4v) is 2.24. The van der Waals surface area contributed by atoms with Crippen molar-refractivity contribution >= 4 is 29.9 Å². The van der Waals surface area contributed by atoms with E-state index in [0.717, 1.165) is 23.0 Å². The molecule has 0 radical (unpaired) electrons. The molecule has 1 atom stereocenters. The molecule has 0 aliphatic heterocycles. The zero-order valence-electron chi connectivity index (χ0n) is 15.1. The molecule has 7 heteroatoms. The van der Waals surface area contributed by atoms with Crippen LogP contribution in [0.25, 0.3) is 0 Å². The highest BCUT2D eigenvalue weighted by Crippen LogP contribution is 2.31. The van der Waals surface area contributed by atoms with Crippen molar-refractivity contribution in [1.29, 1.82) is 0 Å². The van der Waals surface area contributed by atoms with Gasteiger partial charge in [-0.1, -0.05) is 12.1 Å². The highest BCUT2D eigenvalue weighted by Gasteiger charge is 2.17. The molecular formula is C17H29IN4O2. The van der Waals surface area contributed by atoms with Crippen LogP contribution in [-0.4, -0.2) is 59.3 Å². The normalized spacial score (nSPS) is 12.2. The topological polar surface area (TPSA) is 58.1 Å². The molecule has 6 nitrogen and oxygen atoms in total. The first-order valence-electron chi connectivity index (χ1n) is 7.51. The molecular weight excluding hydrogens is 419 g/mol. The van der Waals surface area contributed by atoms with E-state index >= 15 is 0 Å². The molecule has 2 N–H and O–H groups in total. The number of benzene rings is 1. The second kappa shape index (κ2) is 12.0. The third-order valence-corrected chi connectivity index (χ3v) is 3.52. The van der Waals surface area contributed by atoms with Crippen LogP contribution in [0.4, 0.5) is 0 Å². The summed E-state index contributed by atoms with van der Waals surface area (Å²) in [5.41, 5.74) is 1.14. The number of likely N-dealkylation sites (N-methyl/N-ethyl adjacent to an activating group) is 1. The van der Waals surface area contributed by atoms with Crippen LogP contribution in [0.15, 0.2) is 35.8 Å². The van der Waals surface area contributed by atoms with E-state index in [4.69, 9.17) is 9.47 Å². The molecule has 1 aromatic carbocycles. The first-order valence-corrected chi connectivity index (χ1v) is 7.51. The predicted molar refractivity (Wildman–Crippen MR) is 111 cm³/mol. The Morgan fingerprint density at radius 1 is 1.25 bits per heavy atom. The minimum atomic E-state index is 0. The van der Waals surface area contributed by atoms with Gasteiger partial charge in [0.15, 0.2) is 17.5 Å². The Morgan fingerprint density at radius 2 is 1.92 bits per heavy atom. The monoisotopic (exact) mass is 448 g/mol. The van der Waals surface area contributed by atoms with E-state index in [0.29, 0.717) is 13.1 Å². The summed E-state index contributed by atoms with van der Waals surface area (Å²) in [7, 11) is 9.12. The fourth-order valence-electron chi connectivity index (χ4n) is 2.24. The molecule has 1 rings (SSSR count). The number of ether oxygens (including phenoxy) is 2. The molecule has 0 saturated heterocycles. The molecule has 1 unspecified atom stereocenters. The van der Waals surface area contributed by atoms with Gasteiger partial charge in [-0.2, -0.15) is 0 Å². The summed E-state index contributed by atoms with van der Waals surface area (Å²) in [6.45, 7) is 5.07. The number of halogens is 1. The van der Waals surface area contributed by atoms with E-state index < -0.39 is 0 Å². The summed E-state index contributed by atoms with van der Waals surface area (Å²) < 4.78 is 10.7. The predicted octanol–water partition coefficient (Wildman–Crippen LogP) is 2.28. The van der Waals surface area contributed by atoms with E-state index in [-0.39, 0.29) is 30.0 Å². The number of guanidine groups is 1. The molecule has 0 saturated carbocycles. The lowest BCUT2D eigenvalue weighted by Crippen LogP contribution is -2.41. The van der Waals surface area contributed by atoms with E-state index in [2.05, 4.69) is 27.1 Å². The third kappa shape index (κ3) is 6.56. The molecule has 0 spiro atoms. The summed E-state index contributed by atoms with van der Waals surface area (Å²) in [5.74, 6) is 2.20. The maximum atomic E-state index is 5.40. The van der Waals surface area contributed by atoms with Crippen LogP contribution in [0.5, 0.6) is 11.5 Å². The van der Waals surface area contributed by atoms with Crippen molar-refractivity contribution < 1.29 is 9.47 Å². The Bertz CT molecular complexity index is 535.